The molecule has 1 heteroatoms. The molecule has 0 bridgehead atoms. The molecule has 0 aliphatic rings. The second kappa shape index (κ2) is 5.49. The van der Waals surface area contributed by atoms with Crippen LogP contribution in [0.25, 0.3) is 0 Å². The molecule has 0 aromatic heterocycles. The monoisotopic (exact) mass is 220 g/mol. The van der Waals surface area contributed by atoms with Crippen LogP contribution in [0.4, 0.5) is 0 Å². The summed E-state index contributed by atoms with van der Waals surface area (Å²) in [5.41, 5.74) is 1.66. The minimum atomic E-state index is -0.719. The van der Waals surface area contributed by atoms with Crippen LogP contribution in [-0.2, 0) is 12.0 Å². The fraction of sp³-hybridized carbons (Fsp3) is 0.600. The Balaban J connectivity index is 2.78. The van der Waals surface area contributed by atoms with Gasteiger partial charge in [0.15, 0.2) is 0 Å². The van der Waals surface area contributed by atoms with Gasteiger partial charge < -0.3 is 5.11 Å². The lowest BCUT2D eigenvalue weighted by Crippen LogP contribution is -2.27. The smallest absolute Gasteiger partial charge is 0.0891 e. The van der Waals surface area contributed by atoms with E-state index in [2.05, 4.69) is 31.2 Å². The average molecular weight is 220 g/mol. The third kappa shape index (κ3) is 3.08. The molecular formula is C15H24O. The molecule has 0 aliphatic heterocycles. The first-order valence-electron chi connectivity index (χ1n) is 6.30. The van der Waals surface area contributed by atoms with Crippen LogP contribution in [0.5, 0.6) is 0 Å². The van der Waals surface area contributed by atoms with Gasteiger partial charge in [-0.3, -0.25) is 0 Å². The highest BCUT2D eigenvalue weighted by Crippen LogP contribution is 2.28. The molecule has 1 aromatic rings. The first-order chi connectivity index (χ1) is 7.48. The van der Waals surface area contributed by atoms with Gasteiger partial charge >= 0.3 is 0 Å². The van der Waals surface area contributed by atoms with E-state index >= 15 is 0 Å². The number of hydrogen-bond acceptors (Lipinski definition) is 1. The highest BCUT2D eigenvalue weighted by Gasteiger charge is 2.26. The van der Waals surface area contributed by atoms with Gasteiger partial charge in [0.1, 0.15) is 0 Å². The summed E-state index contributed by atoms with van der Waals surface area (Å²) < 4.78 is 0. The quantitative estimate of drug-likeness (QED) is 0.798. The Morgan fingerprint density at radius 2 is 1.75 bits per heavy atom. The summed E-state index contributed by atoms with van der Waals surface area (Å²) in [7, 11) is 0. The lowest BCUT2D eigenvalue weighted by atomic mass is 9.85. The van der Waals surface area contributed by atoms with Gasteiger partial charge in [-0.05, 0) is 36.8 Å². The number of hydrogen-bond donors (Lipinski definition) is 1. The molecule has 0 aliphatic carbocycles. The molecule has 0 unspecified atom stereocenters. The molecular weight excluding hydrogens is 196 g/mol. The van der Waals surface area contributed by atoms with Gasteiger partial charge in [0.05, 0.1) is 5.60 Å². The first kappa shape index (κ1) is 13.2. The maximum atomic E-state index is 10.3. The maximum absolute atomic E-state index is 10.3. The Kier molecular flexibility index (Phi) is 4.55. The van der Waals surface area contributed by atoms with Crippen LogP contribution < -0.4 is 0 Å². The predicted molar refractivity (Wildman–Crippen MR) is 69.5 cm³/mol. The van der Waals surface area contributed by atoms with Crippen LogP contribution in [0, 0.1) is 5.92 Å². The van der Waals surface area contributed by atoms with Crippen LogP contribution in [0.15, 0.2) is 24.3 Å². The summed E-state index contributed by atoms with van der Waals surface area (Å²) in [5, 5.41) is 10.3. The van der Waals surface area contributed by atoms with Gasteiger partial charge in [-0.25, -0.2) is 0 Å². The second-order valence-corrected chi connectivity index (χ2v) is 5.10. The Morgan fingerprint density at radius 1 is 1.19 bits per heavy atom. The van der Waals surface area contributed by atoms with Crippen LogP contribution in [0.3, 0.4) is 0 Å². The van der Waals surface area contributed by atoms with E-state index in [1.54, 1.807) is 0 Å². The lowest BCUT2D eigenvalue weighted by Gasteiger charge is -2.28. The molecule has 0 spiro atoms. The van der Waals surface area contributed by atoms with Crippen molar-refractivity contribution in [3.8, 4) is 0 Å². The summed E-state index contributed by atoms with van der Waals surface area (Å²) in [6.07, 6.45) is 3.60. The third-order valence-corrected chi connectivity index (χ3v) is 3.48. The molecule has 0 radical (unpaired) electrons. The molecule has 0 saturated carbocycles. The van der Waals surface area contributed by atoms with Crippen molar-refractivity contribution in [1.82, 2.24) is 0 Å². The highest BCUT2D eigenvalue weighted by molar-refractivity contribution is 5.27. The molecule has 1 aromatic carbocycles. The number of unbranched alkanes of at least 4 members (excludes halogenated alkanes) is 1. The maximum Gasteiger partial charge on any atom is 0.0891 e. The van der Waals surface area contributed by atoms with Crippen molar-refractivity contribution >= 4 is 0 Å². The number of rotatable bonds is 5. The summed E-state index contributed by atoms with van der Waals surface area (Å²) in [4.78, 5) is 0. The Labute approximate surface area is 99.5 Å². The number of benzene rings is 1. The van der Waals surface area contributed by atoms with Crippen LogP contribution in [0.2, 0.25) is 0 Å². The third-order valence-electron chi connectivity index (χ3n) is 3.48. The van der Waals surface area contributed by atoms with Crippen molar-refractivity contribution in [3.05, 3.63) is 35.4 Å². The normalized spacial score (nSPS) is 15.1. The largest absolute Gasteiger partial charge is 0.385 e. The van der Waals surface area contributed by atoms with E-state index < -0.39 is 5.60 Å². The molecule has 1 nitrogen and oxygen atoms in total. The lowest BCUT2D eigenvalue weighted by molar-refractivity contribution is 0.00904. The summed E-state index contributed by atoms with van der Waals surface area (Å²) in [6.45, 7) is 8.19. The zero-order valence-electron chi connectivity index (χ0n) is 11.0. The molecule has 1 rings (SSSR count). The van der Waals surface area contributed by atoms with Gasteiger partial charge in [0.25, 0.3) is 0 Å². The molecule has 16 heavy (non-hydrogen) atoms. The molecule has 1 atom stereocenters. The molecule has 0 saturated heterocycles. The van der Waals surface area contributed by atoms with Crippen LogP contribution >= 0.6 is 0 Å². The van der Waals surface area contributed by atoms with Crippen LogP contribution in [0.1, 0.15) is 51.7 Å². The summed E-state index contributed by atoms with van der Waals surface area (Å²) in [6, 6.07) is 8.40. The minimum Gasteiger partial charge on any atom is -0.385 e. The van der Waals surface area contributed by atoms with E-state index in [4.69, 9.17) is 0 Å². The fourth-order valence-corrected chi connectivity index (χ4v) is 1.72. The van der Waals surface area contributed by atoms with Crippen molar-refractivity contribution in [3.63, 3.8) is 0 Å². The zero-order valence-corrected chi connectivity index (χ0v) is 11.0. The highest BCUT2D eigenvalue weighted by atomic mass is 16.3. The standard InChI is InChI=1S/C15H24O/c1-5-6-7-13-8-10-14(11-9-13)15(4,16)12(2)3/h8-12,16H,5-7H2,1-4H3/t15-/m1/s1. The molecule has 0 amide bonds. The van der Waals surface area contributed by atoms with E-state index in [1.165, 1.54) is 18.4 Å². The van der Waals surface area contributed by atoms with Gasteiger partial charge in [-0.15, -0.1) is 0 Å². The van der Waals surface area contributed by atoms with Crippen molar-refractivity contribution < 1.29 is 5.11 Å². The van der Waals surface area contributed by atoms with Gasteiger partial charge in [-0.2, -0.15) is 0 Å². The van der Waals surface area contributed by atoms with E-state index in [1.807, 2.05) is 20.8 Å². The average Bonchev–Trinajstić information content (AvgIpc) is 2.26. The van der Waals surface area contributed by atoms with Gasteiger partial charge in [-0.1, -0.05) is 51.5 Å². The number of aryl methyl sites for hydroxylation is 1. The van der Waals surface area contributed by atoms with Crippen molar-refractivity contribution in [1.29, 1.82) is 0 Å². The number of aliphatic hydroxyl groups is 1. The first-order valence-corrected chi connectivity index (χ1v) is 6.30. The second-order valence-electron chi connectivity index (χ2n) is 5.10. The van der Waals surface area contributed by atoms with Crippen LogP contribution in [-0.4, -0.2) is 5.11 Å². The van der Waals surface area contributed by atoms with E-state index in [0.29, 0.717) is 0 Å². The topological polar surface area (TPSA) is 20.2 Å². The predicted octanol–water partition coefficient (Wildman–Crippen LogP) is 3.89. The van der Waals surface area contributed by atoms with Crippen molar-refractivity contribution in [2.75, 3.05) is 0 Å². The van der Waals surface area contributed by atoms with Crippen molar-refractivity contribution in [2.24, 2.45) is 5.92 Å². The zero-order chi connectivity index (χ0) is 12.2. The van der Waals surface area contributed by atoms with E-state index in [9.17, 15) is 5.11 Å². The Bertz CT molecular complexity index is 309. The van der Waals surface area contributed by atoms with E-state index in [0.717, 1.165) is 12.0 Å². The summed E-state index contributed by atoms with van der Waals surface area (Å²) >= 11 is 0. The molecule has 1 N–H and O–H groups in total. The molecule has 0 heterocycles. The van der Waals surface area contributed by atoms with E-state index in [-0.39, 0.29) is 5.92 Å². The molecule has 0 fully saturated rings. The minimum absolute atomic E-state index is 0.231. The van der Waals surface area contributed by atoms with Gasteiger partial charge in [0, 0.05) is 0 Å². The molecule has 90 valence electrons. The summed E-state index contributed by atoms with van der Waals surface area (Å²) in [5.74, 6) is 0.231. The SMILES string of the molecule is CCCCc1ccc([C@](C)(O)C(C)C)cc1. The fourth-order valence-electron chi connectivity index (χ4n) is 1.72. The Morgan fingerprint density at radius 3 is 2.19 bits per heavy atom. The van der Waals surface area contributed by atoms with Crippen molar-refractivity contribution in [2.45, 2.75) is 52.6 Å². The Hall–Kier alpha value is -0.820. The van der Waals surface area contributed by atoms with Gasteiger partial charge in [0.2, 0.25) is 0 Å².